The van der Waals surface area contributed by atoms with Gasteiger partial charge in [-0.1, -0.05) is 42.0 Å². The van der Waals surface area contributed by atoms with Gasteiger partial charge in [0.2, 0.25) is 0 Å². The number of likely N-dealkylation sites (tertiary alicyclic amines) is 1. The maximum Gasteiger partial charge on any atom is 0.251 e. The Balaban J connectivity index is 1.29. The Morgan fingerprint density at radius 3 is 2.72 bits per heavy atom. The SMILES string of the molecule is Cc1ccc(-c2nc(CCNC(=O)c3cccc(CN4CCCC4)c3)cs2)cc1. The van der Waals surface area contributed by atoms with Crippen LogP contribution >= 0.6 is 11.3 Å². The Morgan fingerprint density at radius 1 is 1.14 bits per heavy atom. The van der Waals surface area contributed by atoms with Crippen LogP contribution in [0, 0.1) is 6.92 Å². The van der Waals surface area contributed by atoms with Crippen molar-refractivity contribution in [1.82, 2.24) is 15.2 Å². The number of aryl methyl sites for hydroxylation is 1. The van der Waals surface area contributed by atoms with Gasteiger partial charge in [-0.2, -0.15) is 0 Å². The molecule has 1 fully saturated rings. The van der Waals surface area contributed by atoms with Gasteiger partial charge in [0.05, 0.1) is 5.69 Å². The van der Waals surface area contributed by atoms with Gasteiger partial charge >= 0.3 is 0 Å². The molecule has 0 spiro atoms. The molecular formula is C24H27N3OS. The van der Waals surface area contributed by atoms with Crippen molar-refractivity contribution < 1.29 is 4.79 Å². The highest BCUT2D eigenvalue weighted by Gasteiger charge is 2.13. The highest BCUT2D eigenvalue weighted by molar-refractivity contribution is 7.13. The summed E-state index contributed by atoms with van der Waals surface area (Å²) >= 11 is 1.65. The van der Waals surface area contributed by atoms with E-state index in [-0.39, 0.29) is 5.91 Å². The zero-order valence-electron chi connectivity index (χ0n) is 16.9. The molecule has 150 valence electrons. The average molecular weight is 406 g/mol. The first-order chi connectivity index (χ1) is 14.2. The highest BCUT2D eigenvalue weighted by Crippen LogP contribution is 2.24. The van der Waals surface area contributed by atoms with Crippen LogP contribution in [0.4, 0.5) is 0 Å². The zero-order valence-corrected chi connectivity index (χ0v) is 17.7. The Kier molecular flexibility index (Phi) is 6.37. The monoisotopic (exact) mass is 405 g/mol. The van der Waals surface area contributed by atoms with Crippen LogP contribution in [-0.2, 0) is 13.0 Å². The van der Waals surface area contributed by atoms with Crippen molar-refractivity contribution in [3.63, 3.8) is 0 Å². The number of hydrogen-bond donors (Lipinski definition) is 1. The van der Waals surface area contributed by atoms with Crippen molar-refractivity contribution in [3.8, 4) is 10.6 Å². The maximum atomic E-state index is 12.5. The van der Waals surface area contributed by atoms with Gasteiger partial charge in [-0.3, -0.25) is 9.69 Å². The molecule has 0 atom stereocenters. The summed E-state index contributed by atoms with van der Waals surface area (Å²) in [7, 11) is 0. The molecule has 4 rings (SSSR count). The minimum absolute atomic E-state index is 0.0118. The second-order valence-electron chi connectivity index (χ2n) is 7.70. The molecule has 1 saturated heterocycles. The van der Waals surface area contributed by atoms with Gasteiger partial charge < -0.3 is 5.32 Å². The fraction of sp³-hybridized carbons (Fsp3) is 0.333. The van der Waals surface area contributed by atoms with E-state index in [1.165, 1.54) is 24.0 Å². The van der Waals surface area contributed by atoms with Crippen molar-refractivity contribution in [2.75, 3.05) is 19.6 Å². The molecule has 0 bridgehead atoms. The summed E-state index contributed by atoms with van der Waals surface area (Å²) < 4.78 is 0. The summed E-state index contributed by atoms with van der Waals surface area (Å²) in [5, 5.41) is 6.15. The summed E-state index contributed by atoms with van der Waals surface area (Å²) in [4.78, 5) is 19.7. The molecule has 0 aliphatic carbocycles. The molecule has 1 amide bonds. The molecule has 1 aliphatic heterocycles. The van der Waals surface area contributed by atoms with Crippen LogP contribution in [0.3, 0.4) is 0 Å². The number of aromatic nitrogens is 1. The fourth-order valence-corrected chi connectivity index (χ4v) is 4.53. The minimum Gasteiger partial charge on any atom is -0.352 e. The van der Waals surface area contributed by atoms with Crippen molar-refractivity contribution >= 4 is 17.2 Å². The largest absolute Gasteiger partial charge is 0.352 e. The number of carbonyl (C=O) groups is 1. The molecule has 1 aliphatic rings. The third kappa shape index (κ3) is 5.31. The van der Waals surface area contributed by atoms with Crippen LogP contribution in [0.1, 0.15) is 40.0 Å². The second-order valence-corrected chi connectivity index (χ2v) is 8.56. The van der Waals surface area contributed by atoms with Gasteiger partial charge in [0.1, 0.15) is 5.01 Å². The lowest BCUT2D eigenvalue weighted by Gasteiger charge is -2.15. The predicted octanol–water partition coefficient (Wildman–Crippen LogP) is 4.69. The first kappa shape index (κ1) is 19.8. The van der Waals surface area contributed by atoms with Crippen LogP contribution in [0.2, 0.25) is 0 Å². The lowest BCUT2D eigenvalue weighted by atomic mass is 10.1. The molecule has 4 nitrogen and oxygen atoms in total. The molecular weight excluding hydrogens is 378 g/mol. The summed E-state index contributed by atoms with van der Waals surface area (Å²) in [5.41, 5.74) is 5.36. The van der Waals surface area contributed by atoms with Gasteiger partial charge in [0.15, 0.2) is 0 Å². The third-order valence-electron chi connectivity index (χ3n) is 5.31. The first-order valence-corrected chi connectivity index (χ1v) is 11.2. The number of rotatable bonds is 7. The number of thiazole rings is 1. The number of amides is 1. The fourth-order valence-electron chi connectivity index (χ4n) is 3.67. The maximum absolute atomic E-state index is 12.5. The topological polar surface area (TPSA) is 45.2 Å². The summed E-state index contributed by atoms with van der Waals surface area (Å²) in [6.45, 7) is 5.93. The highest BCUT2D eigenvalue weighted by atomic mass is 32.1. The van der Waals surface area contributed by atoms with Crippen LogP contribution in [0.25, 0.3) is 10.6 Å². The van der Waals surface area contributed by atoms with E-state index < -0.39 is 0 Å². The molecule has 1 aromatic heterocycles. The average Bonchev–Trinajstić information content (AvgIpc) is 3.41. The molecule has 0 radical (unpaired) electrons. The van der Waals surface area contributed by atoms with Gasteiger partial charge in [0.25, 0.3) is 5.91 Å². The number of carbonyl (C=O) groups excluding carboxylic acids is 1. The predicted molar refractivity (Wildman–Crippen MR) is 119 cm³/mol. The van der Waals surface area contributed by atoms with E-state index in [0.717, 1.165) is 47.9 Å². The number of benzene rings is 2. The molecule has 2 heterocycles. The van der Waals surface area contributed by atoms with Gasteiger partial charge in [0, 0.05) is 36.0 Å². The second kappa shape index (κ2) is 9.33. The molecule has 5 heteroatoms. The van der Waals surface area contributed by atoms with E-state index >= 15 is 0 Å². The van der Waals surface area contributed by atoms with E-state index in [4.69, 9.17) is 4.98 Å². The van der Waals surface area contributed by atoms with E-state index in [0.29, 0.717) is 6.54 Å². The molecule has 0 saturated carbocycles. The van der Waals surface area contributed by atoms with Gasteiger partial charge in [-0.15, -0.1) is 11.3 Å². The van der Waals surface area contributed by atoms with Crippen molar-refractivity contribution in [3.05, 3.63) is 76.3 Å². The molecule has 1 N–H and O–H groups in total. The Hall–Kier alpha value is -2.50. The Morgan fingerprint density at radius 2 is 1.93 bits per heavy atom. The molecule has 2 aromatic carbocycles. The van der Waals surface area contributed by atoms with Crippen LogP contribution < -0.4 is 5.32 Å². The van der Waals surface area contributed by atoms with Gasteiger partial charge in [-0.05, 0) is 50.6 Å². The van der Waals surface area contributed by atoms with E-state index in [2.05, 4.69) is 52.9 Å². The van der Waals surface area contributed by atoms with Gasteiger partial charge in [-0.25, -0.2) is 4.98 Å². The van der Waals surface area contributed by atoms with E-state index in [1.807, 2.05) is 18.2 Å². The number of nitrogens with one attached hydrogen (secondary N) is 1. The van der Waals surface area contributed by atoms with Crippen molar-refractivity contribution in [1.29, 1.82) is 0 Å². The molecule has 0 unspecified atom stereocenters. The number of nitrogens with zero attached hydrogens (tertiary/aromatic N) is 2. The molecule has 3 aromatic rings. The van der Waals surface area contributed by atoms with Crippen LogP contribution in [0.15, 0.2) is 53.9 Å². The summed E-state index contributed by atoms with van der Waals surface area (Å²) in [5.74, 6) is -0.0118. The zero-order chi connectivity index (χ0) is 20.1. The standard InChI is InChI=1S/C24H27N3OS/c1-18-7-9-20(10-8-18)24-26-22(17-29-24)11-12-25-23(28)21-6-4-5-19(15-21)16-27-13-2-3-14-27/h4-10,15,17H,2-3,11-14,16H2,1H3,(H,25,28). The third-order valence-corrected chi connectivity index (χ3v) is 6.25. The minimum atomic E-state index is -0.0118. The molecule has 29 heavy (non-hydrogen) atoms. The van der Waals surface area contributed by atoms with Crippen LogP contribution in [0.5, 0.6) is 0 Å². The Labute approximate surface area is 176 Å². The smallest absolute Gasteiger partial charge is 0.251 e. The summed E-state index contributed by atoms with van der Waals surface area (Å²) in [6, 6.07) is 16.4. The quantitative estimate of drug-likeness (QED) is 0.620. The van der Waals surface area contributed by atoms with Crippen LogP contribution in [-0.4, -0.2) is 35.4 Å². The summed E-state index contributed by atoms with van der Waals surface area (Å²) in [6.07, 6.45) is 3.30. The van der Waals surface area contributed by atoms with Crippen molar-refractivity contribution in [2.24, 2.45) is 0 Å². The number of hydrogen-bond acceptors (Lipinski definition) is 4. The van der Waals surface area contributed by atoms with Crippen molar-refractivity contribution in [2.45, 2.75) is 32.7 Å². The lowest BCUT2D eigenvalue weighted by molar-refractivity contribution is 0.0954. The first-order valence-electron chi connectivity index (χ1n) is 10.3. The van der Waals surface area contributed by atoms with E-state index in [1.54, 1.807) is 11.3 Å². The lowest BCUT2D eigenvalue weighted by Crippen LogP contribution is -2.26. The normalized spacial score (nSPS) is 14.2. The van der Waals surface area contributed by atoms with E-state index in [9.17, 15) is 4.79 Å². The Bertz CT molecular complexity index is 958.